The van der Waals surface area contributed by atoms with Crippen LogP contribution in [0.15, 0.2) is 43.0 Å². The Morgan fingerprint density at radius 3 is 2.75 bits per heavy atom. The molecule has 0 fully saturated rings. The SMILES string of the molecule is C=CCCN(C)C(=O)OCc1ccccc1. The lowest BCUT2D eigenvalue weighted by molar-refractivity contribution is 0.105. The first-order chi connectivity index (χ1) is 7.74. The fourth-order valence-electron chi connectivity index (χ4n) is 1.21. The normalized spacial score (nSPS) is 9.56. The van der Waals surface area contributed by atoms with Crippen molar-refractivity contribution in [2.45, 2.75) is 13.0 Å². The molecule has 16 heavy (non-hydrogen) atoms. The molecule has 0 aromatic heterocycles. The lowest BCUT2D eigenvalue weighted by Crippen LogP contribution is -2.28. The van der Waals surface area contributed by atoms with E-state index in [2.05, 4.69) is 6.58 Å². The highest BCUT2D eigenvalue weighted by molar-refractivity contribution is 5.67. The van der Waals surface area contributed by atoms with Gasteiger partial charge in [-0.3, -0.25) is 0 Å². The molecule has 0 heterocycles. The monoisotopic (exact) mass is 219 g/mol. The molecule has 3 nitrogen and oxygen atoms in total. The second-order valence-corrected chi connectivity index (χ2v) is 3.54. The molecule has 0 aliphatic carbocycles. The molecule has 0 radical (unpaired) electrons. The largest absolute Gasteiger partial charge is 0.445 e. The van der Waals surface area contributed by atoms with E-state index in [4.69, 9.17) is 4.74 Å². The highest BCUT2D eigenvalue weighted by Gasteiger charge is 2.08. The van der Waals surface area contributed by atoms with Gasteiger partial charge in [-0.2, -0.15) is 0 Å². The van der Waals surface area contributed by atoms with Crippen LogP contribution in [-0.2, 0) is 11.3 Å². The summed E-state index contributed by atoms with van der Waals surface area (Å²) in [6.07, 6.45) is 2.25. The van der Waals surface area contributed by atoms with Crippen LogP contribution in [0.4, 0.5) is 4.79 Å². The molecule has 1 aromatic carbocycles. The van der Waals surface area contributed by atoms with Crippen LogP contribution in [0, 0.1) is 0 Å². The molecular weight excluding hydrogens is 202 g/mol. The number of ether oxygens (including phenoxy) is 1. The molecule has 0 unspecified atom stereocenters. The van der Waals surface area contributed by atoms with Gasteiger partial charge in [-0.15, -0.1) is 6.58 Å². The van der Waals surface area contributed by atoms with Crippen molar-refractivity contribution < 1.29 is 9.53 Å². The van der Waals surface area contributed by atoms with Gasteiger partial charge in [-0.1, -0.05) is 36.4 Å². The molecule has 0 aliphatic heterocycles. The van der Waals surface area contributed by atoms with E-state index in [0.717, 1.165) is 12.0 Å². The highest BCUT2D eigenvalue weighted by Crippen LogP contribution is 2.02. The molecule has 1 aromatic rings. The summed E-state index contributed by atoms with van der Waals surface area (Å²) in [5.41, 5.74) is 0.993. The third-order valence-corrected chi connectivity index (χ3v) is 2.19. The van der Waals surface area contributed by atoms with E-state index in [9.17, 15) is 4.79 Å². The Morgan fingerprint density at radius 2 is 2.12 bits per heavy atom. The summed E-state index contributed by atoms with van der Waals surface area (Å²) in [6, 6.07) is 9.63. The highest BCUT2D eigenvalue weighted by atomic mass is 16.6. The van der Waals surface area contributed by atoms with Gasteiger partial charge in [0.05, 0.1) is 0 Å². The summed E-state index contributed by atoms with van der Waals surface area (Å²) >= 11 is 0. The Bertz CT molecular complexity index is 335. The van der Waals surface area contributed by atoms with Gasteiger partial charge in [-0.05, 0) is 12.0 Å². The molecule has 1 rings (SSSR count). The van der Waals surface area contributed by atoms with E-state index in [1.165, 1.54) is 0 Å². The first kappa shape index (κ1) is 12.3. The zero-order valence-corrected chi connectivity index (χ0v) is 9.56. The number of benzene rings is 1. The Balaban J connectivity index is 2.32. The first-order valence-corrected chi connectivity index (χ1v) is 5.26. The molecule has 86 valence electrons. The predicted molar refractivity (Wildman–Crippen MR) is 64.1 cm³/mol. The summed E-state index contributed by atoms with van der Waals surface area (Å²) in [6.45, 7) is 4.56. The van der Waals surface area contributed by atoms with Crippen LogP contribution in [0.2, 0.25) is 0 Å². The van der Waals surface area contributed by atoms with Crippen molar-refractivity contribution in [2.75, 3.05) is 13.6 Å². The molecule has 0 aliphatic rings. The van der Waals surface area contributed by atoms with Crippen LogP contribution in [0.1, 0.15) is 12.0 Å². The van der Waals surface area contributed by atoms with Gasteiger partial charge in [0.1, 0.15) is 6.61 Å². The maximum absolute atomic E-state index is 11.5. The fraction of sp³-hybridized carbons (Fsp3) is 0.308. The Morgan fingerprint density at radius 1 is 1.44 bits per heavy atom. The van der Waals surface area contributed by atoms with Gasteiger partial charge in [0.25, 0.3) is 0 Å². The van der Waals surface area contributed by atoms with Crippen molar-refractivity contribution in [3.63, 3.8) is 0 Å². The number of carbonyl (C=O) groups excluding carboxylic acids is 1. The minimum absolute atomic E-state index is 0.300. The number of hydrogen-bond acceptors (Lipinski definition) is 2. The lowest BCUT2D eigenvalue weighted by atomic mass is 10.2. The topological polar surface area (TPSA) is 29.5 Å². The average molecular weight is 219 g/mol. The summed E-state index contributed by atoms with van der Waals surface area (Å²) < 4.78 is 5.14. The van der Waals surface area contributed by atoms with Gasteiger partial charge in [0.15, 0.2) is 0 Å². The molecule has 3 heteroatoms. The van der Waals surface area contributed by atoms with E-state index in [-0.39, 0.29) is 6.09 Å². The maximum atomic E-state index is 11.5. The molecule has 0 spiro atoms. The van der Waals surface area contributed by atoms with Crippen molar-refractivity contribution in [2.24, 2.45) is 0 Å². The molecule has 0 bridgehead atoms. The van der Waals surface area contributed by atoms with Crippen molar-refractivity contribution in [1.82, 2.24) is 4.90 Å². The molecule has 1 amide bonds. The van der Waals surface area contributed by atoms with Crippen molar-refractivity contribution in [1.29, 1.82) is 0 Å². The van der Waals surface area contributed by atoms with Crippen molar-refractivity contribution in [3.05, 3.63) is 48.6 Å². The minimum atomic E-state index is -0.300. The molecular formula is C13H17NO2. The Hall–Kier alpha value is -1.77. The van der Waals surface area contributed by atoms with E-state index >= 15 is 0 Å². The van der Waals surface area contributed by atoms with Crippen LogP contribution in [0.3, 0.4) is 0 Å². The number of amides is 1. The summed E-state index contributed by atoms with van der Waals surface area (Å²) in [5, 5.41) is 0. The minimum Gasteiger partial charge on any atom is -0.445 e. The quantitative estimate of drug-likeness (QED) is 0.713. The number of hydrogen-bond donors (Lipinski definition) is 0. The van der Waals surface area contributed by atoms with E-state index in [0.29, 0.717) is 13.2 Å². The summed E-state index contributed by atoms with van der Waals surface area (Å²) in [7, 11) is 1.72. The van der Waals surface area contributed by atoms with Crippen LogP contribution in [0.5, 0.6) is 0 Å². The second kappa shape index (κ2) is 6.67. The third-order valence-electron chi connectivity index (χ3n) is 2.19. The van der Waals surface area contributed by atoms with Crippen molar-refractivity contribution in [3.8, 4) is 0 Å². The van der Waals surface area contributed by atoms with Crippen LogP contribution in [0.25, 0.3) is 0 Å². The van der Waals surface area contributed by atoms with Crippen molar-refractivity contribution >= 4 is 6.09 Å². The Labute approximate surface area is 96.3 Å². The molecule has 0 saturated carbocycles. The Kier molecular flexibility index (Phi) is 5.12. The fourth-order valence-corrected chi connectivity index (χ4v) is 1.21. The van der Waals surface area contributed by atoms with E-state index in [1.54, 1.807) is 18.0 Å². The van der Waals surface area contributed by atoms with Gasteiger partial charge >= 0.3 is 6.09 Å². The van der Waals surface area contributed by atoms with E-state index < -0.39 is 0 Å². The zero-order chi connectivity index (χ0) is 11.8. The smallest absolute Gasteiger partial charge is 0.409 e. The third kappa shape index (κ3) is 4.17. The van der Waals surface area contributed by atoms with Gasteiger partial charge < -0.3 is 9.64 Å². The number of rotatable bonds is 5. The van der Waals surface area contributed by atoms with Crippen LogP contribution in [-0.4, -0.2) is 24.6 Å². The standard InChI is InChI=1S/C13H17NO2/c1-3-4-10-14(2)13(15)16-11-12-8-6-5-7-9-12/h3,5-9H,1,4,10-11H2,2H3. The van der Waals surface area contributed by atoms with Crippen LogP contribution < -0.4 is 0 Å². The molecule has 0 saturated heterocycles. The van der Waals surface area contributed by atoms with Crippen LogP contribution >= 0.6 is 0 Å². The lowest BCUT2D eigenvalue weighted by Gasteiger charge is -2.15. The van der Waals surface area contributed by atoms with Gasteiger partial charge in [0.2, 0.25) is 0 Å². The predicted octanol–water partition coefficient (Wildman–Crippen LogP) is 2.83. The summed E-state index contributed by atoms with van der Waals surface area (Å²) in [5.74, 6) is 0. The molecule has 0 N–H and O–H groups in total. The zero-order valence-electron chi connectivity index (χ0n) is 9.56. The maximum Gasteiger partial charge on any atom is 0.409 e. The number of carbonyl (C=O) groups is 1. The average Bonchev–Trinajstić information content (AvgIpc) is 2.34. The summed E-state index contributed by atoms with van der Waals surface area (Å²) in [4.78, 5) is 13.0. The van der Waals surface area contributed by atoms with Gasteiger partial charge in [-0.25, -0.2) is 4.79 Å². The number of nitrogens with zero attached hydrogens (tertiary/aromatic N) is 1. The van der Waals surface area contributed by atoms with Gasteiger partial charge in [0, 0.05) is 13.6 Å². The molecule has 0 atom stereocenters. The second-order valence-electron chi connectivity index (χ2n) is 3.54. The van der Waals surface area contributed by atoms with E-state index in [1.807, 2.05) is 30.3 Å². The first-order valence-electron chi connectivity index (χ1n) is 5.26.